The summed E-state index contributed by atoms with van der Waals surface area (Å²) < 4.78 is 5.94. The van der Waals surface area contributed by atoms with Crippen LogP contribution in [0.4, 0.5) is 5.69 Å². The molecule has 7 nitrogen and oxygen atoms in total. The second kappa shape index (κ2) is 6.77. The van der Waals surface area contributed by atoms with E-state index in [4.69, 9.17) is 4.74 Å². The number of hydrogen-bond acceptors (Lipinski definition) is 6. The number of carbonyl (C=O) groups excluding carboxylic acids is 2. The Morgan fingerprint density at radius 3 is 2.65 bits per heavy atom. The van der Waals surface area contributed by atoms with E-state index in [-0.39, 0.29) is 18.4 Å². The number of aryl methyl sites for hydroxylation is 1. The first kappa shape index (κ1) is 17.1. The van der Waals surface area contributed by atoms with Crippen LogP contribution in [0.15, 0.2) is 30.2 Å². The predicted octanol–water partition coefficient (Wildman–Crippen LogP) is 1.88. The van der Waals surface area contributed by atoms with E-state index in [0.717, 1.165) is 10.4 Å². The molecule has 0 bridgehead atoms. The average Bonchev–Trinajstić information content (AvgIpc) is 3.11. The van der Waals surface area contributed by atoms with Gasteiger partial charge in [0.15, 0.2) is 0 Å². The number of anilines is 1. The fraction of sp³-hybridized carbons (Fsp3) is 0.444. The Hall–Kier alpha value is -2.32. The van der Waals surface area contributed by atoms with Gasteiger partial charge in [0, 0.05) is 13.1 Å². The van der Waals surface area contributed by atoms with E-state index in [1.54, 1.807) is 17.3 Å². The van der Waals surface area contributed by atoms with Gasteiger partial charge in [-0.1, -0.05) is 0 Å². The Morgan fingerprint density at radius 2 is 2.00 bits per heavy atom. The molecular formula is C18H20N4O3S. The maximum absolute atomic E-state index is 12.6. The molecule has 2 aliphatic rings. The van der Waals surface area contributed by atoms with Crippen LogP contribution in [0.25, 0.3) is 0 Å². The van der Waals surface area contributed by atoms with E-state index < -0.39 is 5.60 Å². The van der Waals surface area contributed by atoms with Gasteiger partial charge in [-0.3, -0.25) is 9.59 Å². The Balaban J connectivity index is 1.44. The van der Waals surface area contributed by atoms with Gasteiger partial charge in [0.1, 0.15) is 12.9 Å². The van der Waals surface area contributed by atoms with E-state index in [2.05, 4.69) is 9.97 Å². The molecule has 0 N–H and O–H groups in total. The molecule has 2 fully saturated rings. The first-order valence-corrected chi connectivity index (χ1v) is 9.48. The summed E-state index contributed by atoms with van der Waals surface area (Å²) in [7, 11) is 0. The average molecular weight is 372 g/mol. The van der Waals surface area contributed by atoms with Crippen LogP contribution in [0.3, 0.4) is 0 Å². The van der Waals surface area contributed by atoms with Crippen molar-refractivity contribution in [1.82, 2.24) is 14.9 Å². The summed E-state index contributed by atoms with van der Waals surface area (Å²) in [6.45, 7) is 3.77. The lowest BCUT2D eigenvalue weighted by atomic mass is 9.89. The number of rotatable bonds is 2. The van der Waals surface area contributed by atoms with Crippen molar-refractivity contribution in [2.75, 3.05) is 31.1 Å². The third kappa shape index (κ3) is 3.22. The maximum atomic E-state index is 12.6. The molecule has 0 saturated carbocycles. The lowest BCUT2D eigenvalue weighted by Crippen LogP contribution is -2.59. The Kier molecular flexibility index (Phi) is 4.46. The van der Waals surface area contributed by atoms with Gasteiger partial charge in [0.05, 0.1) is 35.1 Å². The lowest BCUT2D eigenvalue weighted by Gasteiger charge is -2.46. The number of piperidine rings is 1. The van der Waals surface area contributed by atoms with Gasteiger partial charge in [0.2, 0.25) is 0 Å². The normalized spacial score (nSPS) is 19.8. The number of carbonyl (C=O) groups is 2. The summed E-state index contributed by atoms with van der Waals surface area (Å²) in [6.07, 6.45) is 6.14. The molecule has 0 radical (unpaired) electrons. The van der Waals surface area contributed by atoms with Gasteiger partial charge in [-0.15, -0.1) is 11.3 Å². The topological polar surface area (TPSA) is 75.6 Å². The summed E-state index contributed by atoms with van der Waals surface area (Å²) in [6, 6.07) is 1.93. The maximum Gasteiger partial charge on any atom is 0.263 e. The van der Waals surface area contributed by atoms with Gasteiger partial charge >= 0.3 is 0 Å². The standard InChI is InChI=1S/C18H20N4O3S/c1-13-6-15(26-10-13)17(24)21-4-2-18(3-5-21)11-22(16(23)9-25-18)14-7-19-12-20-8-14/h6-8,10,12H,2-5,9,11H2,1H3. The van der Waals surface area contributed by atoms with E-state index in [0.29, 0.717) is 38.2 Å². The van der Waals surface area contributed by atoms with E-state index in [9.17, 15) is 9.59 Å². The molecule has 0 unspecified atom stereocenters. The SMILES string of the molecule is Cc1csc(C(=O)N2CCC3(CC2)CN(c2cncnc2)C(=O)CO3)c1. The molecule has 0 atom stereocenters. The quantitative estimate of drug-likeness (QED) is 0.805. The van der Waals surface area contributed by atoms with Crippen LogP contribution in [0, 0.1) is 6.92 Å². The molecule has 1 spiro atoms. The summed E-state index contributed by atoms with van der Waals surface area (Å²) in [4.78, 5) is 37.3. The predicted molar refractivity (Wildman–Crippen MR) is 97.3 cm³/mol. The van der Waals surface area contributed by atoms with Crippen LogP contribution in [0.5, 0.6) is 0 Å². The van der Waals surface area contributed by atoms with Crippen molar-refractivity contribution < 1.29 is 14.3 Å². The summed E-state index contributed by atoms with van der Waals surface area (Å²) >= 11 is 1.49. The number of ether oxygens (including phenoxy) is 1. The highest BCUT2D eigenvalue weighted by atomic mass is 32.1. The molecule has 2 aliphatic heterocycles. The fourth-order valence-corrected chi connectivity index (χ4v) is 4.36. The van der Waals surface area contributed by atoms with Crippen LogP contribution < -0.4 is 4.90 Å². The second-order valence-corrected chi connectivity index (χ2v) is 7.74. The number of nitrogens with zero attached hydrogens (tertiary/aromatic N) is 4. The van der Waals surface area contributed by atoms with Crippen molar-refractivity contribution in [2.45, 2.75) is 25.4 Å². The van der Waals surface area contributed by atoms with Gasteiger partial charge in [-0.05, 0) is 36.8 Å². The molecule has 2 saturated heterocycles. The van der Waals surface area contributed by atoms with E-state index in [1.165, 1.54) is 17.7 Å². The highest BCUT2D eigenvalue weighted by Crippen LogP contribution is 2.33. The van der Waals surface area contributed by atoms with Crippen LogP contribution >= 0.6 is 11.3 Å². The highest BCUT2D eigenvalue weighted by molar-refractivity contribution is 7.12. The molecule has 8 heteroatoms. The van der Waals surface area contributed by atoms with Crippen molar-refractivity contribution in [3.63, 3.8) is 0 Å². The molecule has 2 amide bonds. The minimum absolute atomic E-state index is 0.0486. The van der Waals surface area contributed by atoms with E-state index in [1.807, 2.05) is 23.3 Å². The van der Waals surface area contributed by atoms with Crippen LogP contribution in [-0.4, -0.2) is 58.5 Å². The minimum atomic E-state index is -0.411. The Labute approximate surface area is 155 Å². The number of aromatic nitrogens is 2. The third-order valence-electron chi connectivity index (χ3n) is 5.01. The lowest BCUT2D eigenvalue weighted by molar-refractivity contribution is -0.143. The largest absolute Gasteiger partial charge is 0.363 e. The number of amides is 2. The molecule has 26 heavy (non-hydrogen) atoms. The summed E-state index contributed by atoms with van der Waals surface area (Å²) in [5, 5.41) is 1.99. The van der Waals surface area contributed by atoms with Gasteiger partial charge in [0.25, 0.3) is 11.8 Å². The Bertz CT molecular complexity index is 815. The molecule has 4 heterocycles. The highest BCUT2D eigenvalue weighted by Gasteiger charge is 2.43. The van der Waals surface area contributed by atoms with Crippen LogP contribution in [-0.2, 0) is 9.53 Å². The number of morpholine rings is 1. The first-order valence-electron chi connectivity index (χ1n) is 8.60. The van der Waals surface area contributed by atoms with Gasteiger partial charge in [-0.2, -0.15) is 0 Å². The van der Waals surface area contributed by atoms with Gasteiger partial charge < -0.3 is 14.5 Å². The molecular weight excluding hydrogens is 352 g/mol. The summed E-state index contributed by atoms with van der Waals surface area (Å²) in [5.41, 5.74) is 1.39. The Morgan fingerprint density at radius 1 is 1.27 bits per heavy atom. The van der Waals surface area contributed by atoms with Crippen molar-refractivity contribution >= 4 is 28.8 Å². The minimum Gasteiger partial charge on any atom is -0.363 e. The van der Waals surface area contributed by atoms with Crippen molar-refractivity contribution in [1.29, 1.82) is 0 Å². The molecule has 0 aromatic carbocycles. The van der Waals surface area contributed by atoms with Gasteiger partial charge in [-0.25, -0.2) is 9.97 Å². The molecule has 2 aromatic heterocycles. The van der Waals surface area contributed by atoms with Crippen LogP contribution in [0.1, 0.15) is 28.1 Å². The van der Waals surface area contributed by atoms with Crippen molar-refractivity contribution in [2.24, 2.45) is 0 Å². The second-order valence-electron chi connectivity index (χ2n) is 6.83. The number of thiophene rings is 1. The van der Waals surface area contributed by atoms with Crippen LogP contribution in [0.2, 0.25) is 0 Å². The van der Waals surface area contributed by atoms with Crippen molar-refractivity contribution in [3.05, 3.63) is 40.6 Å². The molecule has 4 rings (SSSR count). The fourth-order valence-electron chi connectivity index (χ4n) is 3.50. The third-order valence-corrected chi connectivity index (χ3v) is 6.05. The zero-order valence-corrected chi connectivity index (χ0v) is 15.4. The van der Waals surface area contributed by atoms with E-state index >= 15 is 0 Å². The number of likely N-dealkylation sites (tertiary alicyclic amines) is 1. The molecule has 136 valence electrons. The van der Waals surface area contributed by atoms with Crippen molar-refractivity contribution in [3.8, 4) is 0 Å². The zero-order chi connectivity index (χ0) is 18.1. The monoisotopic (exact) mass is 372 g/mol. The smallest absolute Gasteiger partial charge is 0.263 e. The zero-order valence-electron chi connectivity index (χ0n) is 14.6. The molecule has 0 aliphatic carbocycles. The summed E-state index contributed by atoms with van der Waals surface area (Å²) in [5.74, 6) is -0.00357. The molecule has 2 aromatic rings. The first-order chi connectivity index (χ1) is 12.6. The number of hydrogen-bond donors (Lipinski definition) is 0.